The Hall–Kier alpha value is -2.68. The van der Waals surface area contributed by atoms with Gasteiger partial charge in [0.2, 0.25) is 5.75 Å². The van der Waals surface area contributed by atoms with E-state index in [1.807, 2.05) is 13.0 Å². The normalized spacial score (nSPS) is 10.7. The van der Waals surface area contributed by atoms with Gasteiger partial charge in [-0.15, -0.1) is 10.2 Å². The summed E-state index contributed by atoms with van der Waals surface area (Å²) in [5.41, 5.74) is 0.640. The van der Waals surface area contributed by atoms with Crippen LogP contribution in [0.2, 0.25) is 0 Å². The molecule has 0 atom stereocenters. The highest BCUT2D eigenvalue weighted by atomic mass is 32.1. The molecular formula is C15H17N5O3S. The zero-order chi connectivity index (χ0) is 17.1. The highest BCUT2D eigenvalue weighted by Crippen LogP contribution is 2.43. The standard InChI is InChI=1S/C15H17N5O3S/c1-8-19-20-11(24-8)6-16-15-9-5-10(21-2)13(22-3)14(23-4)12(9)17-7-18-15/h5,7H,6H2,1-4H3,(H,16,17,18). The summed E-state index contributed by atoms with van der Waals surface area (Å²) >= 11 is 1.54. The molecule has 0 aliphatic heterocycles. The third kappa shape index (κ3) is 2.90. The molecule has 8 nitrogen and oxygen atoms in total. The molecule has 1 N–H and O–H groups in total. The van der Waals surface area contributed by atoms with E-state index in [9.17, 15) is 0 Å². The van der Waals surface area contributed by atoms with Crippen molar-refractivity contribution in [1.29, 1.82) is 0 Å². The first kappa shape index (κ1) is 16.2. The molecule has 0 bridgehead atoms. The number of rotatable bonds is 6. The van der Waals surface area contributed by atoms with Crippen LogP contribution in [0.1, 0.15) is 10.0 Å². The van der Waals surface area contributed by atoms with Gasteiger partial charge in [-0.2, -0.15) is 0 Å². The second-order valence-corrected chi connectivity index (χ2v) is 6.10. The number of benzene rings is 1. The first-order chi connectivity index (χ1) is 11.7. The van der Waals surface area contributed by atoms with Crippen LogP contribution in [0.5, 0.6) is 17.2 Å². The molecule has 0 saturated heterocycles. The molecule has 0 unspecified atom stereocenters. The van der Waals surface area contributed by atoms with E-state index < -0.39 is 0 Å². The zero-order valence-corrected chi connectivity index (χ0v) is 14.6. The first-order valence-corrected chi connectivity index (χ1v) is 7.96. The van der Waals surface area contributed by atoms with E-state index in [2.05, 4.69) is 25.5 Å². The van der Waals surface area contributed by atoms with Crippen molar-refractivity contribution >= 4 is 28.1 Å². The van der Waals surface area contributed by atoms with Gasteiger partial charge >= 0.3 is 0 Å². The van der Waals surface area contributed by atoms with Crippen LogP contribution >= 0.6 is 11.3 Å². The molecule has 0 aliphatic rings. The van der Waals surface area contributed by atoms with Gasteiger partial charge in [-0.3, -0.25) is 0 Å². The van der Waals surface area contributed by atoms with Gasteiger partial charge in [0.25, 0.3) is 0 Å². The number of hydrogen-bond acceptors (Lipinski definition) is 9. The number of ether oxygens (including phenoxy) is 3. The minimum atomic E-state index is 0.497. The number of fused-ring (bicyclic) bond motifs is 1. The Balaban J connectivity index is 2.05. The molecule has 2 aromatic heterocycles. The highest BCUT2D eigenvalue weighted by Gasteiger charge is 2.19. The Morgan fingerprint density at radius 3 is 2.46 bits per heavy atom. The van der Waals surface area contributed by atoms with Crippen LogP contribution in [-0.4, -0.2) is 41.5 Å². The average Bonchev–Trinajstić information content (AvgIpc) is 3.03. The van der Waals surface area contributed by atoms with E-state index in [1.54, 1.807) is 21.3 Å². The lowest BCUT2D eigenvalue weighted by Crippen LogP contribution is -2.04. The summed E-state index contributed by atoms with van der Waals surface area (Å²) in [5, 5.41) is 13.9. The molecule has 0 aliphatic carbocycles. The summed E-state index contributed by atoms with van der Waals surface area (Å²) in [5.74, 6) is 2.21. The fourth-order valence-corrected chi connectivity index (χ4v) is 3.02. The summed E-state index contributed by atoms with van der Waals surface area (Å²) in [4.78, 5) is 8.64. The van der Waals surface area contributed by atoms with E-state index >= 15 is 0 Å². The van der Waals surface area contributed by atoms with Gasteiger partial charge in [0.1, 0.15) is 27.7 Å². The van der Waals surface area contributed by atoms with E-state index in [1.165, 1.54) is 17.7 Å². The molecule has 0 spiro atoms. The van der Waals surface area contributed by atoms with Gasteiger partial charge in [0, 0.05) is 0 Å². The molecule has 1 aromatic carbocycles. The van der Waals surface area contributed by atoms with Gasteiger partial charge < -0.3 is 19.5 Å². The second-order valence-electron chi connectivity index (χ2n) is 4.83. The van der Waals surface area contributed by atoms with Crippen molar-refractivity contribution in [2.24, 2.45) is 0 Å². The fraction of sp³-hybridized carbons (Fsp3) is 0.333. The number of anilines is 1. The Labute approximate surface area is 142 Å². The smallest absolute Gasteiger partial charge is 0.205 e. The van der Waals surface area contributed by atoms with Crippen molar-refractivity contribution < 1.29 is 14.2 Å². The Bertz CT molecular complexity index is 868. The average molecular weight is 347 g/mol. The van der Waals surface area contributed by atoms with Gasteiger partial charge in [-0.1, -0.05) is 11.3 Å². The third-order valence-corrected chi connectivity index (χ3v) is 4.25. The lowest BCUT2D eigenvalue weighted by atomic mass is 10.2. The van der Waals surface area contributed by atoms with Crippen LogP contribution in [0.15, 0.2) is 12.4 Å². The molecule has 0 radical (unpaired) electrons. The number of hydrogen-bond donors (Lipinski definition) is 1. The summed E-state index contributed by atoms with van der Waals surface area (Å²) in [6.07, 6.45) is 1.48. The van der Waals surface area contributed by atoms with Crippen molar-refractivity contribution in [3.8, 4) is 17.2 Å². The third-order valence-electron chi connectivity index (χ3n) is 3.41. The van der Waals surface area contributed by atoms with Gasteiger partial charge in [0.15, 0.2) is 11.5 Å². The maximum atomic E-state index is 5.47. The summed E-state index contributed by atoms with van der Waals surface area (Å²) in [6.45, 7) is 2.44. The molecule has 3 rings (SSSR count). The topological polar surface area (TPSA) is 91.3 Å². The first-order valence-electron chi connectivity index (χ1n) is 7.14. The maximum absolute atomic E-state index is 5.47. The number of aromatic nitrogens is 4. The molecule has 126 valence electrons. The Kier molecular flexibility index (Phi) is 4.61. The number of nitrogens with zero attached hydrogens (tertiary/aromatic N) is 4. The number of methoxy groups -OCH3 is 3. The van der Waals surface area contributed by atoms with Crippen LogP contribution < -0.4 is 19.5 Å². The predicted octanol–water partition coefficient (Wildman–Crippen LogP) is 2.43. The van der Waals surface area contributed by atoms with Gasteiger partial charge in [0.05, 0.1) is 33.3 Å². The zero-order valence-electron chi connectivity index (χ0n) is 13.8. The monoisotopic (exact) mass is 347 g/mol. The van der Waals surface area contributed by atoms with Crippen LogP contribution in [0.25, 0.3) is 10.9 Å². The van der Waals surface area contributed by atoms with Crippen molar-refractivity contribution in [1.82, 2.24) is 20.2 Å². The minimum Gasteiger partial charge on any atom is -0.493 e. The lowest BCUT2D eigenvalue weighted by molar-refractivity contribution is 0.327. The van der Waals surface area contributed by atoms with Crippen LogP contribution in [0, 0.1) is 6.92 Å². The minimum absolute atomic E-state index is 0.497. The molecule has 0 amide bonds. The van der Waals surface area contributed by atoms with Crippen molar-refractivity contribution in [3.05, 3.63) is 22.4 Å². The largest absolute Gasteiger partial charge is 0.493 e. The molecule has 9 heteroatoms. The van der Waals surface area contributed by atoms with Crippen molar-refractivity contribution in [3.63, 3.8) is 0 Å². The van der Waals surface area contributed by atoms with E-state index in [4.69, 9.17) is 14.2 Å². The molecule has 3 aromatic rings. The van der Waals surface area contributed by atoms with E-state index in [0.717, 1.165) is 15.4 Å². The highest BCUT2D eigenvalue weighted by molar-refractivity contribution is 7.11. The molecule has 0 saturated carbocycles. The number of nitrogens with one attached hydrogen (secondary N) is 1. The van der Waals surface area contributed by atoms with Crippen LogP contribution in [0.3, 0.4) is 0 Å². The quantitative estimate of drug-likeness (QED) is 0.727. The molecule has 0 fully saturated rings. The van der Waals surface area contributed by atoms with Gasteiger partial charge in [-0.05, 0) is 13.0 Å². The molecule has 2 heterocycles. The second kappa shape index (κ2) is 6.83. The molecular weight excluding hydrogens is 330 g/mol. The molecule has 24 heavy (non-hydrogen) atoms. The number of aryl methyl sites for hydroxylation is 1. The van der Waals surface area contributed by atoms with E-state index in [-0.39, 0.29) is 0 Å². The fourth-order valence-electron chi connectivity index (χ4n) is 2.37. The lowest BCUT2D eigenvalue weighted by Gasteiger charge is -2.15. The van der Waals surface area contributed by atoms with Crippen LogP contribution in [0.4, 0.5) is 5.82 Å². The predicted molar refractivity (Wildman–Crippen MR) is 91.2 cm³/mol. The van der Waals surface area contributed by atoms with Crippen LogP contribution in [-0.2, 0) is 6.54 Å². The van der Waals surface area contributed by atoms with Gasteiger partial charge in [-0.25, -0.2) is 9.97 Å². The van der Waals surface area contributed by atoms with Crippen molar-refractivity contribution in [2.75, 3.05) is 26.6 Å². The SMILES string of the molecule is COc1cc2c(NCc3nnc(C)s3)ncnc2c(OC)c1OC. The van der Waals surface area contributed by atoms with Crippen molar-refractivity contribution in [2.45, 2.75) is 13.5 Å². The van der Waals surface area contributed by atoms with E-state index in [0.29, 0.717) is 35.1 Å². The Morgan fingerprint density at radius 1 is 1.04 bits per heavy atom. The summed E-state index contributed by atoms with van der Waals surface area (Å²) in [7, 11) is 4.70. The summed E-state index contributed by atoms with van der Waals surface area (Å²) < 4.78 is 16.3. The Morgan fingerprint density at radius 2 is 1.83 bits per heavy atom. The maximum Gasteiger partial charge on any atom is 0.205 e. The summed E-state index contributed by atoms with van der Waals surface area (Å²) in [6, 6.07) is 1.82.